The van der Waals surface area contributed by atoms with Crippen LogP contribution < -0.4 is 0 Å². The summed E-state index contributed by atoms with van der Waals surface area (Å²) < 4.78 is 10.8. The summed E-state index contributed by atoms with van der Waals surface area (Å²) in [4.78, 5) is 0. The fourth-order valence-corrected chi connectivity index (χ4v) is 28.2. The molecule has 0 spiro atoms. The van der Waals surface area contributed by atoms with Gasteiger partial charge < -0.3 is 0 Å². The Bertz CT molecular complexity index is 9530. The molecule has 0 unspecified atom stereocenters. The van der Waals surface area contributed by atoms with Crippen LogP contribution in [0.2, 0.25) is 0 Å². The summed E-state index contributed by atoms with van der Waals surface area (Å²) in [5.41, 5.74) is 47.5. The number of nitrogens with zero attached hydrogens (tertiary/aromatic N) is 2. The van der Waals surface area contributed by atoms with Gasteiger partial charge in [-0.05, 0) is 80.9 Å². The standard InChI is InChI=1S/2C69H47NSe/c1-69(2)63-24-13-12-21-57(63)58-33-32-55(43-64(58)69)70-65-34-29-49(45-17-8-4-9-18-45)40-60(65)61-41-50(30-35-66(61)70)53-37-52(47-27-25-46(26-28-47)44-15-6-3-7-16-44)38-54(39-53)51-31-36-67-62(42-51)59-23-14-22-56(68(59)71-67)48-19-10-5-11-20-48;1-69(2)63-24-13-12-21-57(63)58-33-29-51(43-64(58)69)56-22-14-23-59-62-42-50(32-36-67(62)71-68(56)59)54-38-52(47-27-25-46(26-28-47)44-15-6-3-7-16-44)37-53(39-54)49-31-35-66-61(41-49)60-40-48(45-17-8-4-9-18-45)30-34-65(60)70(66)55-19-10-5-11-20-55/h2*3-43H,1-2H3. The van der Waals surface area contributed by atoms with Crippen molar-refractivity contribution >= 4 is 111 Å². The summed E-state index contributed by atoms with van der Waals surface area (Å²) in [5, 5.41) is 10.4. The first kappa shape index (κ1) is 84.7. The molecule has 142 heavy (non-hydrogen) atoms. The smallest absolute Gasteiger partial charge is 0.0280 e. The van der Waals surface area contributed by atoms with E-state index < -0.39 is 0 Å². The molecule has 2 aliphatic rings. The maximum atomic E-state index is 2.49. The fraction of sp³-hybridized carbons (Fsp3) is 0.0435. The SMILES string of the molecule is CC1(C)c2ccccc2-c2ccc(-c3cccc4c3[se]c3ccc(-c5cc(-c6ccc(-c7ccccc7)cc6)cc(-c6ccc7c(c6)c6cc(-c8ccccc8)ccc6n7-c6ccccc6)c5)cc34)cc21.CC1(C)c2ccccc2-c2ccc(-n3c4ccc(-c5ccccc5)cc4c4cc(-c5cc(-c6ccc(-c7ccccc7)cc6)cc(-c6ccc7[se]c8c(-c9ccccc9)cccc8c7c6)c5)ccc43)cc21. The van der Waals surface area contributed by atoms with E-state index in [0.717, 1.165) is 5.69 Å². The van der Waals surface area contributed by atoms with Crippen molar-refractivity contribution in [2.45, 2.75) is 38.5 Å². The quantitative estimate of drug-likeness (QED) is 0.0961. The first-order valence-electron chi connectivity index (χ1n) is 49.3. The maximum Gasteiger partial charge on any atom is -0.0280 e. The van der Waals surface area contributed by atoms with E-state index in [1.807, 2.05) is 0 Å². The molecule has 28 rings (SSSR count). The number of benzene rings is 22. The van der Waals surface area contributed by atoms with Gasteiger partial charge in [0.2, 0.25) is 0 Å². The number of fused-ring (bicyclic) bond motifs is 18. The van der Waals surface area contributed by atoms with Crippen LogP contribution in [0.3, 0.4) is 0 Å². The van der Waals surface area contributed by atoms with E-state index in [0.29, 0.717) is 0 Å². The van der Waals surface area contributed by atoms with Gasteiger partial charge in [0.25, 0.3) is 0 Å². The van der Waals surface area contributed by atoms with Crippen molar-refractivity contribution in [2.75, 3.05) is 0 Å². The molecule has 4 heteroatoms. The molecule has 0 N–H and O–H groups in total. The summed E-state index contributed by atoms with van der Waals surface area (Å²) >= 11 is 0.401. The second kappa shape index (κ2) is 34.2. The first-order chi connectivity index (χ1) is 69.8. The van der Waals surface area contributed by atoms with Crippen LogP contribution in [0, 0.1) is 0 Å². The third-order valence-corrected chi connectivity index (χ3v) is 35.5. The van der Waals surface area contributed by atoms with Crippen LogP contribution in [0.4, 0.5) is 0 Å². The molecule has 26 aromatic rings. The number of aromatic nitrogens is 2. The molecule has 0 saturated carbocycles. The minimum absolute atomic E-state index is 0.0427. The third-order valence-electron chi connectivity index (χ3n) is 30.4. The molecule has 668 valence electrons. The predicted octanol–water partition coefficient (Wildman–Crippen LogP) is 36.9. The second-order valence-corrected chi connectivity index (χ2v) is 43.8. The molecule has 0 saturated heterocycles. The topological polar surface area (TPSA) is 9.86 Å². The molecular formula is C138H94N2Se2. The van der Waals surface area contributed by atoms with E-state index in [-0.39, 0.29) is 39.8 Å². The van der Waals surface area contributed by atoms with Gasteiger partial charge in [-0.1, -0.05) is 196 Å². The van der Waals surface area contributed by atoms with Crippen LogP contribution in [-0.2, 0) is 10.8 Å². The zero-order valence-corrected chi connectivity index (χ0v) is 82.5. The van der Waals surface area contributed by atoms with Crippen LogP contribution in [0.1, 0.15) is 49.9 Å². The van der Waals surface area contributed by atoms with Crippen molar-refractivity contribution in [1.29, 1.82) is 0 Å². The van der Waals surface area contributed by atoms with Crippen molar-refractivity contribution in [3.8, 4) is 167 Å². The van der Waals surface area contributed by atoms with Gasteiger partial charge in [0.15, 0.2) is 0 Å². The molecule has 0 atom stereocenters. The maximum absolute atomic E-state index is 2.49. The minimum atomic E-state index is -0.104. The average Bonchev–Trinajstić information content (AvgIpc) is 1.58. The van der Waals surface area contributed by atoms with Crippen LogP contribution in [0.5, 0.6) is 0 Å². The largest absolute Gasteiger partial charge is 0.0333 e. The van der Waals surface area contributed by atoms with Gasteiger partial charge in [0.1, 0.15) is 0 Å². The number of para-hydroxylation sites is 1. The van der Waals surface area contributed by atoms with Crippen molar-refractivity contribution < 1.29 is 0 Å². The van der Waals surface area contributed by atoms with Gasteiger partial charge in [-0.15, -0.1) is 0 Å². The Morgan fingerprint density at radius 2 is 0.408 bits per heavy atom. The van der Waals surface area contributed by atoms with E-state index in [1.165, 1.54) is 266 Å². The van der Waals surface area contributed by atoms with E-state index >= 15 is 0 Å². The average molecular weight is 1940 g/mol. The van der Waals surface area contributed by atoms with Crippen LogP contribution in [0.25, 0.3) is 249 Å². The second-order valence-electron chi connectivity index (χ2n) is 39.3. The molecular weight excluding hydrogens is 1840 g/mol. The summed E-state index contributed by atoms with van der Waals surface area (Å²) in [6.07, 6.45) is 0. The van der Waals surface area contributed by atoms with E-state index in [4.69, 9.17) is 0 Å². The Morgan fingerprint density at radius 1 is 0.148 bits per heavy atom. The Labute approximate surface area is 838 Å². The fourth-order valence-electron chi connectivity index (χ4n) is 23.1. The molecule has 0 fully saturated rings. The molecule has 4 aromatic heterocycles. The van der Waals surface area contributed by atoms with Crippen molar-refractivity contribution in [3.05, 3.63) is 520 Å². The summed E-state index contributed by atoms with van der Waals surface area (Å²) in [5.74, 6) is 0. The van der Waals surface area contributed by atoms with Crippen molar-refractivity contribution in [2.24, 2.45) is 0 Å². The van der Waals surface area contributed by atoms with Crippen LogP contribution >= 0.6 is 0 Å². The van der Waals surface area contributed by atoms with E-state index in [2.05, 4.69) is 534 Å². The Hall–Kier alpha value is -16.5. The zero-order chi connectivity index (χ0) is 94.4. The minimum Gasteiger partial charge on any atom is -0.0333 e. The zero-order valence-electron chi connectivity index (χ0n) is 79.1. The molecule has 0 aliphatic heterocycles. The van der Waals surface area contributed by atoms with E-state index in [9.17, 15) is 0 Å². The third kappa shape index (κ3) is 14.5. The summed E-state index contributed by atoms with van der Waals surface area (Å²) in [6.45, 7) is 9.50. The van der Waals surface area contributed by atoms with Crippen molar-refractivity contribution in [1.82, 2.24) is 9.13 Å². The van der Waals surface area contributed by atoms with Gasteiger partial charge >= 0.3 is 552 Å². The Kier molecular flexibility index (Phi) is 20.4. The summed E-state index contributed by atoms with van der Waals surface area (Å²) in [7, 11) is 0. The molecule has 2 nitrogen and oxygen atoms in total. The summed E-state index contributed by atoms with van der Waals surface area (Å²) in [6, 6.07) is 186. The van der Waals surface area contributed by atoms with Crippen molar-refractivity contribution in [3.63, 3.8) is 0 Å². The molecule has 22 aromatic carbocycles. The van der Waals surface area contributed by atoms with Crippen LogP contribution in [0.15, 0.2) is 497 Å². The predicted molar refractivity (Wildman–Crippen MR) is 606 cm³/mol. The van der Waals surface area contributed by atoms with Crippen LogP contribution in [-0.4, -0.2) is 38.1 Å². The van der Waals surface area contributed by atoms with E-state index in [1.54, 1.807) is 0 Å². The van der Waals surface area contributed by atoms with Gasteiger partial charge in [-0.3, -0.25) is 0 Å². The van der Waals surface area contributed by atoms with Gasteiger partial charge in [0.05, 0.1) is 0 Å². The first-order valence-corrected chi connectivity index (χ1v) is 52.7. The Morgan fingerprint density at radius 3 is 0.803 bits per heavy atom. The molecule has 0 bridgehead atoms. The number of rotatable bonds is 14. The van der Waals surface area contributed by atoms with Gasteiger partial charge in [0, 0.05) is 16.8 Å². The Balaban J connectivity index is 0.000000142. The molecule has 0 radical (unpaired) electrons. The number of hydrogen-bond acceptors (Lipinski definition) is 0. The molecule has 4 heterocycles. The monoisotopic (exact) mass is 1940 g/mol. The molecule has 0 amide bonds. The normalized spacial score (nSPS) is 12.8. The molecule has 2 aliphatic carbocycles. The van der Waals surface area contributed by atoms with Gasteiger partial charge in [-0.25, -0.2) is 0 Å². The van der Waals surface area contributed by atoms with Gasteiger partial charge in [-0.2, -0.15) is 0 Å². The number of hydrogen-bond donors (Lipinski definition) is 0.